The van der Waals surface area contributed by atoms with Crippen molar-refractivity contribution in [2.24, 2.45) is 11.8 Å². The molecule has 0 N–H and O–H groups in total. The van der Waals surface area contributed by atoms with Gasteiger partial charge in [0, 0.05) is 0 Å². The topological polar surface area (TPSA) is 17.1 Å². The Morgan fingerprint density at radius 2 is 2.25 bits per heavy atom. The van der Waals surface area contributed by atoms with E-state index in [0.29, 0.717) is 11.7 Å². The van der Waals surface area contributed by atoms with Gasteiger partial charge in [0.05, 0.1) is 0 Å². The molecule has 0 aromatic carbocycles. The lowest BCUT2D eigenvalue weighted by molar-refractivity contribution is -0.114. The summed E-state index contributed by atoms with van der Waals surface area (Å²) in [6, 6.07) is 0. The first-order valence-corrected chi connectivity index (χ1v) is 4.98. The molecule has 0 aromatic rings. The Hall–Kier alpha value is -0.590. The van der Waals surface area contributed by atoms with Crippen molar-refractivity contribution in [2.45, 2.75) is 39.0 Å². The van der Waals surface area contributed by atoms with E-state index in [-0.39, 0.29) is 0 Å². The highest BCUT2D eigenvalue weighted by Crippen LogP contribution is 2.40. The molecule has 2 bridgehead atoms. The summed E-state index contributed by atoms with van der Waals surface area (Å²) >= 11 is 0. The number of hydrogen-bond donors (Lipinski definition) is 0. The highest BCUT2D eigenvalue weighted by Gasteiger charge is 2.30. The molecule has 0 radical (unpaired) electrons. The van der Waals surface area contributed by atoms with Crippen LogP contribution in [0, 0.1) is 11.8 Å². The number of fused-ring (bicyclic) bond motifs is 2. The van der Waals surface area contributed by atoms with Crippen molar-refractivity contribution in [3.8, 4) is 0 Å². The Balaban J connectivity index is 2.20. The smallest absolute Gasteiger partial charge is 0.155 e. The lowest BCUT2D eigenvalue weighted by Gasteiger charge is -2.09. The number of hydrogen-bond acceptors (Lipinski definition) is 1. The van der Waals surface area contributed by atoms with E-state index in [9.17, 15) is 4.79 Å². The summed E-state index contributed by atoms with van der Waals surface area (Å²) in [6.07, 6.45) is 8.53. The number of allylic oxidation sites excluding steroid dienone is 2. The zero-order valence-corrected chi connectivity index (χ0v) is 7.68. The summed E-state index contributed by atoms with van der Waals surface area (Å²) < 4.78 is 0. The molecule has 66 valence electrons. The van der Waals surface area contributed by atoms with Crippen molar-refractivity contribution in [1.29, 1.82) is 0 Å². The molecular formula is C11H16O. The van der Waals surface area contributed by atoms with Gasteiger partial charge in [0.25, 0.3) is 0 Å². The first-order chi connectivity index (χ1) is 5.77. The molecule has 0 heterocycles. The second kappa shape index (κ2) is 3.04. The lowest BCUT2D eigenvalue weighted by Crippen LogP contribution is -2.06. The largest absolute Gasteiger partial charge is 0.295 e. The summed E-state index contributed by atoms with van der Waals surface area (Å²) in [4.78, 5) is 11.3. The van der Waals surface area contributed by atoms with Crippen LogP contribution < -0.4 is 0 Å². The Labute approximate surface area is 73.8 Å². The third-order valence-electron chi connectivity index (χ3n) is 3.33. The van der Waals surface area contributed by atoms with E-state index in [1.165, 1.54) is 25.7 Å². The minimum Gasteiger partial charge on any atom is -0.295 e. The molecule has 0 aliphatic heterocycles. The number of ketones is 1. The van der Waals surface area contributed by atoms with Crippen LogP contribution in [0.1, 0.15) is 39.0 Å². The van der Waals surface area contributed by atoms with E-state index in [1.807, 2.05) is 0 Å². The van der Waals surface area contributed by atoms with E-state index in [0.717, 1.165) is 17.9 Å². The first kappa shape index (κ1) is 8.03. The van der Waals surface area contributed by atoms with Crippen molar-refractivity contribution < 1.29 is 4.79 Å². The minimum absolute atomic E-state index is 0.308. The molecule has 0 amide bonds. The Bertz CT molecular complexity index is 227. The van der Waals surface area contributed by atoms with Gasteiger partial charge in [0.15, 0.2) is 5.78 Å². The molecule has 1 fully saturated rings. The van der Waals surface area contributed by atoms with Gasteiger partial charge in [0.2, 0.25) is 0 Å². The Morgan fingerprint density at radius 3 is 3.00 bits per heavy atom. The first-order valence-electron chi connectivity index (χ1n) is 4.98. The summed E-state index contributed by atoms with van der Waals surface area (Å²) in [7, 11) is 0. The maximum Gasteiger partial charge on any atom is 0.155 e. The summed E-state index contributed by atoms with van der Waals surface area (Å²) in [5.41, 5.74) is 1.13. The molecule has 0 aromatic heterocycles. The highest BCUT2D eigenvalue weighted by molar-refractivity contribution is 5.93. The molecule has 2 rings (SSSR count). The second-order valence-corrected chi connectivity index (χ2v) is 4.17. The molecule has 2 atom stereocenters. The summed E-state index contributed by atoms with van der Waals surface area (Å²) in [5.74, 6) is 1.85. The maximum absolute atomic E-state index is 11.3. The molecule has 1 saturated carbocycles. The minimum atomic E-state index is 0.308. The molecule has 12 heavy (non-hydrogen) atoms. The fourth-order valence-corrected chi connectivity index (χ4v) is 2.69. The molecule has 1 unspecified atom stereocenters. The van der Waals surface area contributed by atoms with Crippen LogP contribution in [0.5, 0.6) is 0 Å². The Kier molecular flexibility index (Phi) is 2.03. The predicted molar refractivity (Wildman–Crippen MR) is 48.8 cm³/mol. The van der Waals surface area contributed by atoms with Gasteiger partial charge in [0.1, 0.15) is 0 Å². The van der Waals surface area contributed by atoms with E-state index < -0.39 is 0 Å². The van der Waals surface area contributed by atoms with Crippen molar-refractivity contribution in [3.05, 3.63) is 11.6 Å². The van der Waals surface area contributed by atoms with Crippen LogP contribution in [0.2, 0.25) is 0 Å². The molecular weight excluding hydrogens is 148 g/mol. The SMILES string of the molecule is CC(=O)C1=CCC[C@H]2CCC1C2. The number of rotatable bonds is 1. The van der Waals surface area contributed by atoms with Crippen LogP contribution in [0.25, 0.3) is 0 Å². The van der Waals surface area contributed by atoms with Crippen molar-refractivity contribution in [3.63, 3.8) is 0 Å². The summed E-state index contributed by atoms with van der Waals surface area (Å²) in [5, 5.41) is 0. The van der Waals surface area contributed by atoms with Gasteiger partial charge in [-0.15, -0.1) is 0 Å². The molecule has 2 aliphatic rings. The van der Waals surface area contributed by atoms with Crippen LogP contribution in [0.3, 0.4) is 0 Å². The van der Waals surface area contributed by atoms with E-state index >= 15 is 0 Å². The van der Waals surface area contributed by atoms with Crippen LogP contribution in [-0.4, -0.2) is 5.78 Å². The molecule has 0 saturated heterocycles. The van der Waals surface area contributed by atoms with Crippen LogP contribution in [-0.2, 0) is 4.79 Å². The zero-order chi connectivity index (χ0) is 8.55. The van der Waals surface area contributed by atoms with Crippen LogP contribution in [0.4, 0.5) is 0 Å². The van der Waals surface area contributed by atoms with Gasteiger partial charge < -0.3 is 0 Å². The van der Waals surface area contributed by atoms with Crippen molar-refractivity contribution in [2.75, 3.05) is 0 Å². The molecule has 1 heteroatoms. The molecule has 2 aliphatic carbocycles. The van der Waals surface area contributed by atoms with Gasteiger partial charge >= 0.3 is 0 Å². The fourth-order valence-electron chi connectivity index (χ4n) is 2.69. The molecule has 0 spiro atoms. The normalized spacial score (nSPS) is 34.2. The van der Waals surface area contributed by atoms with Gasteiger partial charge in [-0.3, -0.25) is 4.79 Å². The lowest BCUT2D eigenvalue weighted by atomic mass is 9.94. The third kappa shape index (κ3) is 1.33. The van der Waals surface area contributed by atoms with Crippen LogP contribution >= 0.6 is 0 Å². The van der Waals surface area contributed by atoms with Gasteiger partial charge in [-0.1, -0.05) is 6.08 Å². The second-order valence-electron chi connectivity index (χ2n) is 4.17. The van der Waals surface area contributed by atoms with Gasteiger partial charge in [-0.05, 0) is 56.4 Å². The monoisotopic (exact) mass is 164 g/mol. The number of carbonyl (C=O) groups excluding carboxylic acids is 1. The van der Waals surface area contributed by atoms with Crippen molar-refractivity contribution >= 4 is 5.78 Å². The molecule has 1 nitrogen and oxygen atoms in total. The average molecular weight is 164 g/mol. The highest BCUT2D eigenvalue weighted by atomic mass is 16.1. The Morgan fingerprint density at radius 1 is 1.42 bits per heavy atom. The van der Waals surface area contributed by atoms with E-state index in [1.54, 1.807) is 6.92 Å². The van der Waals surface area contributed by atoms with E-state index in [4.69, 9.17) is 0 Å². The fraction of sp³-hybridized carbons (Fsp3) is 0.727. The zero-order valence-electron chi connectivity index (χ0n) is 7.68. The predicted octanol–water partition coefficient (Wildman–Crippen LogP) is 2.71. The van der Waals surface area contributed by atoms with Gasteiger partial charge in [-0.25, -0.2) is 0 Å². The van der Waals surface area contributed by atoms with Crippen molar-refractivity contribution in [1.82, 2.24) is 0 Å². The quantitative estimate of drug-likeness (QED) is 0.582. The van der Waals surface area contributed by atoms with E-state index in [2.05, 4.69) is 6.08 Å². The maximum atomic E-state index is 11.3. The average Bonchev–Trinajstić information content (AvgIpc) is 2.30. The van der Waals surface area contributed by atoms with Crippen LogP contribution in [0.15, 0.2) is 11.6 Å². The third-order valence-corrected chi connectivity index (χ3v) is 3.33. The standard InChI is InChI=1S/C11H16O/c1-8(12)11-4-2-3-9-5-6-10(11)7-9/h4,9-10H,2-3,5-7H2,1H3/t9-,10?/m0/s1. The summed E-state index contributed by atoms with van der Waals surface area (Å²) in [6.45, 7) is 1.71. The number of Topliss-reactive ketones (excluding diaryl/α,β-unsaturated/α-hetero) is 1. The number of carbonyl (C=O) groups is 1. The van der Waals surface area contributed by atoms with Gasteiger partial charge in [-0.2, -0.15) is 0 Å².